The summed E-state index contributed by atoms with van der Waals surface area (Å²) < 4.78 is 14.2. The third-order valence-corrected chi connectivity index (χ3v) is 3.87. The Morgan fingerprint density at radius 1 is 1.44 bits per heavy atom. The van der Waals surface area contributed by atoms with Crippen LogP contribution in [-0.2, 0) is 6.54 Å². The van der Waals surface area contributed by atoms with Gasteiger partial charge in [-0.2, -0.15) is 0 Å². The Kier molecular flexibility index (Phi) is 4.82. The molecule has 0 fully saturated rings. The molecule has 0 saturated heterocycles. The van der Waals surface area contributed by atoms with E-state index in [1.165, 1.54) is 0 Å². The van der Waals surface area contributed by atoms with Crippen molar-refractivity contribution in [3.05, 3.63) is 35.1 Å². The highest BCUT2D eigenvalue weighted by atomic mass is 32.1. The van der Waals surface area contributed by atoms with Gasteiger partial charge in [-0.1, -0.05) is 31.3 Å². The maximum atomic E-state index is 14.2. The van der Waals surface area contributed by atoms with Gasteiger partial charge in [-0.05, 0) is 33.4 Å². The Morgan fingerprint density at radius 2 is 2.06 bits per heavy atom. The highest BCUT2D eigenvalue weighted by Crippen LogP contribution is 2.21. The molecule has 2 nitrogen and oxygen atoms in total. The fraction of sp³-hybridized carbons (Fsp3) is 0.500. The van der Waals surface area contributed by atoms with Gasteiger partial charge in [0, 0.05) is 23.2 Å². The standard InChI is InChI=1S/C14H21FN2S/c1-5-14(2,3)17(4)9-10-7-6-8-11(12(10)15)13(16)18/h6-8H,5,9H2,1-4H3,(H2,16,18). The molecule has 0 unspecified atom stereocenters. The van der Waals surface area contributed by atoms with Gasteiger partial charge < -0.3 is 5.73 Å². The van der Waals surface area contributed by atoms with E-state index >= 15 is 0 Å². The van der Waals surface area contributed by atoms with E-state index in [-0.39, 0.29) is 16.3 Å². The van der Waals surface area contributed by atoms with Crippen LogP contribution in [0, 0.1) is 5.82 Å². The second kappa shape index (κ2) is 5.76. The maximum Gasteiger partial charge on any atom is 0.137 e. The molecule has 0 aliphatic carbocycles. The number of halogens is 1. The Morgan fingerprint density at radius 3 is 2.56 bits per heavy atom. The predicted molar refractivity (Wildman–Crippen MR) is 78.1 cm³/mol. The fourth-order valence-electron chi connectivity index (χ4n) is 1.63. The lowest BCUT2D eigenvalue weighted by molar-refractivity contribution is 0.141. The maximum absolute atomic E-state index is 14.2. The Labute approximate surface area is 114 Å². The molecular weight excluding hydrogens is 247 g/mol. The van der Waals surface area contributed by atoms with E-state index in [9.17, 15) is 4.39 Å². The number of benzene rings is 1. The first-order valence-corrected chi connectivity index (χ1v) is 6.49. The smallest absolute Gasteiger partial charge is 0.137 e. The van der Waals surface area contributed by atoms with Crippen molar-refractivity contribution < 1.29 is 4.39 Å². The van der Waals surface area contributed by atoms with Crippen LogP contribution >= 0.6 is 12.2 Å². The van der Waals surface area contributed by atoms with E-state index in [0.29, 0.717) is 17.7 Å². The van der Waals surface area contributed by atoms with Crippen LogP contribution in [0.3, 0.4) is 0 Å². The number of thiocarbonyl (C=S) groups is 1. The molecule has 0 heterocycles. The van der Waals surface area contributed by atoms with Gasteiger partial charge >= 0.3 is 0 Å². The van der Waals surface area contributed by atoms with Gasteiger partial charge in [0.1, 0.15) is 10.8 Å². The normalized spacial score (nSPS) is 11.9. The molecular formula is C14H21FN2S. The van der Waals surface area contributed by atoms with Gasteiger partial charge in [0.05, 0.1) is 0 Å². The van der Waals surface area contributed by atoms with Gasteiger partial charge in [0.2, 0.25) is 0 Å². The predicted octanol–water partition coefficient (Wildman–Crippen LogP) is 3.08. The van der Waals surface area contributed by atoms with Gasteiger partial charge in [-0.25, -0.2) is 4.39 Å². The summed E-state index contributed by atoms with van der Waals surface area (Å²) in [5.41, 5.74) is 6.49. The molecule has 4 heteroatoms. The summed E-state index contributed by atoms with van der Waals surface area (Å²) in [7, 11) is 2.00. The van der Waals surface area contributed by atoms with E-state index < -0.39 is 0 Å². The minimum absolute atomic E-state index is 0.0334. The molecule has 0 aliphatic heterocycles. The lowest BCUT2D eigenvalue weighted by Gasteiger charge is -2.35. The first-order valence-electron chi connectivity index (χ1n) is 6.08. The Hall–Kier alpha value is -1.00. The van der Waals surface area contributed by atoms with Crippen molar-refractivity contribution in [2.24, 2.45) is 5.73 Å². The SMILES string of the molecule is CCC(C)(C)N(C)Cc1cccc(C(N)=S)c1F. The zero-order chi connectivity index (χ0) is 13.9. The molecule has 0 amide bonds. The van der Waals surface area contributed by atoms with E-state index in [1.54, 1.807) is 18.2 Å². The van der Waals surface area contributed by atoms with Crippen molar-refractivity contribution in [3.63, 3.8) is 0 Å². The first-order chi connectivity index (χ1) is 8.29. The summed E-state index contributed by atoms with van der Waals surface area (Å²) >= 11 is 4.84. The molecule has 1 aromatic carbocycles. The minimum Gasteiger partial charge on any atom is -0.389 e. The molecule has 0 spiro atoms. The molecule has 2 N–H and O–H groups in total. The monoisotopic (exact) mass is 268 g/mol. The third-order valence-electron chi connectivity index (χ3n) is 3.65. The van der Waals surface area contributed by atoms with Crippen molar-refractivity contribution in [2.45, 2.75) is 39.3 Å². The van der Waals surface area contributed by atoms with E-state index in [0.717, 1.165) is 6.42 Å². The fourth-order valence-corrected chi connectivity index (χ4v) is 1.79. The summed E-state index contributed by atoms with van der Waals surface area (Å²) in [6.07, 6.45) is 1.00. The van der Waals surface area contributed by atoms with E-state index in [1.807, 2.05) is 7.05 Å². The molecule has 1 rings (SSSR count). The summed E-state index contributed by atoms with van der Waals surface area (Å²) in [6, 6.07) is 5.19. The molecule has 0 aromatic heterocycles. The third kappa shape index (κ3) is 3.27. The molecule has 0 aliphatic rings. The quantitative estimate of drug-likeness (QED) is 0.832. The second-order valence-corrected chi connectivity index (χ2v) is 5.60. The number of hydrogen-bond acceptors (Lipinski definition) is 2. The number of nitrogens with zero attached hydrogens (tertiary/aromatic N) is 1. The minimum atomic E-state index is -0.302. The topological polar surface area (TPSA) is 29.3 Å². The summed E-state index contributed by atoms with van der Waals surface area (Å²) in [6.45, 7) is 6.95. The molecule has 0 radical (unpaired) electrons. The average Bonchev–Trinajstić information content (AvgIpc) is 2.31. The number of rotatable bonds is 5. The lowest BCUT2D eigenvalue weighted by atomic mass is 9.98. The van der Waals surface area contributed by atoms with Crippen molar-refractivity contribution in [1.29, 1.82) is 0 Å². The number of hydrogen-bond donors (Lipinski definition) is 1. The van der Waals surface area contributed by atoms with Crippen LogP contribution < -0.4 is 5.73 Å². The Bertz CT molecular complexity index is 443. The van der Waals surface area contributed by atoms with E-state index in [4.69, 9.17) is 18.0 Å². The van der Waals surface area contributed by atoms with Gasteiger partial charge in [0.15, 0.2) is 0 Å². The average molecular weight is 268 g/mol. The number of nitrogens with two attached hydrogens (primary N) is 1. The highest BCUT2D eigenvalue weighted by Gasteiger charge is 2.22. The largest absolute Gasteiger partial charge is 0.389 e. The summed E-state index contributed by atoms with van der Waals surface area (Å²) in [5, 5.41) is 0. The highest BCUT2D eigenvalue weighted by molar-refractivity contribution is 7.80. The van der Waals surface area contributed by atoms with Crippen LogP contribution in [0.5, 0.6) is 0 Å². The van der Waals surface area contributed by atoms with Crippen LogP contribution in [0.15, 0.2) is 18.2 Å². The van der Waals surface area contributed by atoms with Crippen LogP contribution in [-0.4, -0.2) is 22.5 Å². The molecule has 0 atom stereocenters. The zero-order valence-corrected chi connectivity index (χ0v) is 12.3. The van der Waals surface area contributed by atoms with Crippen molar-refractivity contribution in [3.8, 4) is 0 Å². The van der Waals surface area contributed by atoms with Gasteiger partial charge in [-0.3, -0.25) is 4.90 Å². The van der Waals surface area contributed by atoms with Gasteiger partial charge in [-0.15, -0.1) is 0 Å². The first kappa shape index (κ1) is 15.1. The van der Waals surface area contributed by atoms with Crippen molar-refractivity contribution >= 4 is 17.2 Å². The molecule has 100 valence electrons. The van der Waals surface area contributed by atoms with Crippen LogP contribution in [0.4, 0.5) is 4.39 Å². The molecule has 18 heavy (non-hydrogen) atoms. The summed E-state index contributed by atoms with van der Waals surface area (Å²) in [4.78, 5) is 2.24. The van der Waals surface area contributed by atoms with Crippen LogP contribution in [0.25, 0.3) is 0 Å². The lowest BCUT2D eigenvalue weighted by Crippen LogP contribution is -2.40. The van der Waals surface area contributed by atoms with Gasteiger partial charge in [0.25, 0.3) is 0 Å². The second-order valence-electron chi connectivity index (χ2n) is 5.16. The molecule has 0 saturated carbocycles. The van der Waals surface area contributed by atoms with Crippen LogP contribution in [0.1, 0.15) is 38.3 Å². The molecule has 1 aromatic rings. The van der Waals surface area contributed by atoms with Crippen molar-refractivity contribution in [2.75, 3.05) is 7.05 Å². The van der Waals surface area contributed by atoms with E-state index in [2.05, 4.69) is 25.7 Å². The zero-order valence-electron chi connectivity index (χ0n) is 11.5. The van der Waals surface area contributed by atoms with Crippen molar-refractivity contribution in [1.82, 2.24) is 4.90 Å². The Balaban J connectivity index is 2.99. The molecule has 0 bridgehead atoms. The summed E-state index contributed by atoms with van der Waals surface area (Å²) in [5.74, 6) is -0.302. The van der Waals surface area contributed by atoms with Crippen LogP contribution in [0.2, 0.25) is 0 Å².